The number of phenols is 1. The van der Waals surface area contributed by atoms with Crippen molar-refractivity contribution < 1.29 is 14.7 Å². The molecule has 0 spiro atoms. The predicted molar refractivity (Wildman–Crippen MR) is 63.9 cm³/mol. The van der Waals surface area contributed by atoms with Gasteiger partial charge in [-0.25, -0.2) is 0 Å². The molecule has 0 saturated heterocycles. The monoisotopic (exact) mass is 236 g/mol. The zero-order valence-corrected chi connectivity index (χ0v) is 9.91. The summed E-state index contributed by atoms with van der Waals surface area (Å²) in [6.07, 6.45) is 0. The van der Waals surface area contributed by atoms with E-state index in [-0.39, 0.29) is 17.6 Å². The van der Waals surface area contributed by atoms with E-state index >= 15 is 0 Å². The Hall–Kier alpha value is -2.04. The van der Waals surface area contributed by atoms with Crippen molar-refractivity contribution in [3.63, 3.8) is 0 Å². The highest BCUT2D eigenvalue weighted by Gasteiger charge is 2.10. The van der Waals surface area contributed by atoms with Crippen LogP contribution in [0.5, 0.6) is 5.75 Å². The van der Waals surface area contributed by atoms with E-state index in [0.717, 1.165) is 0 Å². The van der Waals surface area contributed by atoms with Crippen LogP contribution in [-0.4, -0.2) is 30.0 Å². The summed E-state index contributed by atoms with van der Waals surface area (Å²) >= 11 is 0. The van der Waals surface area contributed by atoms with Gasteiger partial charge in [0.15, 0.2) is 0 Å². The van der Waals surface area contributed by atoms with E-state index in [9.17, 15) is 14.7 Å². The molecule has 0 aliphatic heterocycles. The molecule has 3 N–H and O–H groups in total. The Morgan fingerprint density at radius 1 is 1.24 bits per heavy atom. The number of phenolic OH excluding ortho intramolecular Hbond substituents is 1. The van der Waals surface area contributed by atoms with E-state index in [1.165, 1.54) is 13.0 Å². The Morgan fingerprint density at radius 3 is 2.53 bits per heavy atom. The highest BCUT2D eigenvalue weighted by Crippen LogP contribution is 2.19. The zero-order valence-electron chi connectivity index (χ0n) is 9.91. The molecule has 1 aromatic carbocycles. The molecule has 0 radical (unpaired) electrons. The Kier molecular flexibility index (Phi) is 4.51. The molecule has 1 rings (SSSR count). The molecular weight excluding hydrogens is 220 g/mol. The third kappa shape index (κ3) is 3.79. The van der Waals surface area contributed by atoms with Crippen LogP contribution in [-0.2, 0) is 4.79 Å². The second kappa shape index (κ2) is 5.89. The first kappa shape index (κ1) is 13.0. The summed E-state index contributed by atoms with van der Waals surface area (Å²) in [6, 6.07) is 4.79. The van der Waals surface area contributed by atoms with Gasteiger partial charge in [0.05, 0.1) is 0 Å². The summed E-state index contributed by atoms with van der Waals surface area (Å²) in [5.41, 5.74) is 0.984. The molecule has 5 heteroatoms. The Morgan fingerprint density at radius 2 is 1.88 bits per heavy atom. The molecule has 5 nitrogen and oxygen atoms in total. The number of hydrogen-bond donors (Lipinski definition) is 3. The standard InChI is InChI=1S/C12H16N2O3/c1-8-10(4-3-5-11(8)16)12(17)14-7-6-13-9(2)15/h3-5,16H,6-7H2,1-2H3,(H,13,15)(H,14,17). The lowest BCUT2D eigenvalue weighted by atomic mass is 10.1. The van der Waals surface area contributed by atoms with Gasteiger partial charge in [0.25, 0.3) is 5.91 Å². The number of carbonyl (C=O) groups excluding carboxylic acids is 2. The molecule has 2 amide bonds. The molecule has 0 saturated carbocycles. The highest BCUT2D eigenvalue weighted by molar-refractivity contribution is 5.96. The van der Waals surface area contributed by atoms with Gasteiger partial charge >= 0.3 is 0 Å². The second-order valence-corrected chi connectivity index (χ2v) is 3.69. The van der Waals surface area contributed by atoms with Gasteiger partial charge in [0, 0.05) is 31.1 Å². The van der Waals surface area contributed by atoms with Crippen molar-refractivity contribution in [2.45, 2.75) is 13.8 Å². The molecule has 0 bridgehead atoms. The molecule has 17 heavy (non-hydrogen) atoms. The molecule has 1 aromatic rings. The molecule has 0 aromatic heterocycles. The van der Waals surface area contributed by atoms with Crippen molar-refractivity contribution in [2.24, 2.45) is 0 Å². The largest absolute Gasteiger partial charge is 0.508 e. The van der Waals surface area contributed by atoms with E-state index in [1.807, 2.05) is 0 Å². The van der Waals surface area contributed by atoms with E-state index in [0.29, 0.717) is 24.2 Å². The molecule has 92 valence electrons. The van der Waals surface area contributed by atoms with Crippen molar-refractivity contribution in [1.29, 1.82) is 0 Å². The van der Waals surface area contributed by atoms with Crippen LogP contribution in [0.25, 0.3) is 0 Å². The van der Waals surface area contributed by atoms with Gasteiger partial charge < -0.3 is 15.7 Å². The van der Waals surface area contributed by atoms with Crippen LogP contribution < -0.4 is 10.6 Å². The normalized spacial score (nSPS) is 9.76. The maximum atomic E-state index is 11.7. The molecule has 0 aliphatic carbocycles. The number of carbonyl (C=O) groups is 2. The van der Waals surface area contributed by atoms with Gasteiger partial charge in [-0.1, -0.05) is 6.07 Å². The zero-order chi connectivity index (χ0) is 12.8. The van der Waals surface area contributed by atoms with Crippen LogP contribution in [0.4, 0.5) is 0 Å². The minimum Gasteiger partial charge on any atom is -0.508 e. The minimum atomic E-state index is -0.260. The number of rotatable bonds is 4. The summed E-state index contributed by atoms with van der Waals surface area (Å²) in [5, 5.41) is 14.7. The van der Waals surface area contributed by atoms with Crippen LogP contribution in [0, 0.1) is 6.92 Å². The van der Waals surface area contributed by atoms with Gasteiger partial charge in [0.1, 0.15) is 5.75 Å². The molecule has 0 unspecified atom stereocenters. The lowest BCUT2D eigenvalue weighted by Gasteiger charge is -2.08. The summed E-state index contributed by atoms with van der Waals surface area (Å²) in [5.74, 6) is -0.295. The maximum absolute atomic E-state index is 11.7. The maximum Gasteiger partial charge on any atom is 0.251 e. The fourth-order valence-corrected chi connectivity index (χ4v) is 1.38. The summed E-state index contributed by atoms with van der Waals surface area (Å²) in [6.45, 7) is 3.84. The Bertz CT molecular complexity index is 430. The van der Waals surface area contributed by atoms with Gasteiger partial charge in [-0.15, -0.1) is 0 Å². The molecule has 0 aliphatic rings. The quantitative estimate of drug-likeness (QED) is 0.669. The van der Waals surface area contributed by atoms with Crippen molar-refractivity contribution in [3.05, 3.63) is 29.3 Å². The lowest BCUT2D eigenvalue weighted by Crippen LogP contribution is -2.33. The number of nitrogens with one attached hydrogen (secondary N) is 2. The third-order valence-electron chi connectivity index (χ3n) is 2.33. The van der Waals surface area contributed by atoms with E-state index in [2.05, 4.69) is 10.6 Å². The molecular formula is C12H16N2O3. The van der Waals surface area contributed by atoms with Crippen molar-refractivity contribution in [3.8, 4) is 5.75 Å². The first-order valence-electron chi connectivity index (χ1n) is 5.33. The van der Waals surface area contributed by atoms with Crippen LogP contribution in [0.15, 0.2) is 18.2 Å². The van der Waals surface area contributed by atoms with Crippen LogP contribution >= 0.6 is 0 Å². The van der Waals surface area contributed by atoms with Crippen molar-refractivity contribution >= 4 is 11.8 Å². The Labute approximate surface area is 99.8 Å². The summed E-state index contributed by atoms with van der Waals surface area (Å²) in [7, 11) is 0. The first-order valence-corrected chi connectivity index (χ1v) is 5.33. The number of aromatic hydroxyl groups is 1. The molecule has 0 heterocycles. The summed E-state index contributed by atoms with van der Waals surface area (Å²) in [4.78, 5) is 22.3. The van der Waals surface area contributed by atoms with Crippen molar-refractivity contribution in [1.82, 2.24) is 10.6 Å². The predicted octanol–water partition coefficient (Wildman–Crippen LogP) is 0.567. The van der Waals surface area contributed by atoms with Crippen LogP contribution in [0.3, 0.4) is 0 Å². The second-order valence-electron chi connectivity index (χ2n) is 3.69. The van der Waals surface area contributed by atoms with Gasteiger partial charge in [-0.05, 0) is 19.1 Å². The van der Waals surface area contributed by atoms with E-state index < -0.39 is 0 Å². The fourth-order valence-electron chi connectivity index (χ4n) is 1.38. The van der Waals surface area contributed by atoms with E-state index in [1.54, 1.807) is 19.1 Å². The topological polar surface area (TPSA) is 78.4 Å². The van der Waals surface area contributed by atoms with Crippen LogP contribution in [0.1, 0.15) is 22.8 Å². The number of benzene rings is 1. The Balaban J connectivity index is 2.53. The highest BCUT2D eigenvalue weighted by atomic mass is 16.3. The fraction of sp³-hybridized carbons (Fsp3) is 0.333. The smallest absolute Gasteiger partial charge is 0.251 e. The first-order chi connectivity index (χ1) is 8.02. The summed E-state index contributed by atoms with van der Waals surface area (Å²) < 4.78 is 0. The van der Waals surface area contributed by atoms with Crippen LogP contribution in [0.2, 0.25) is 0 Å². The van der Waals surface area contributed by atoms with Crippen molar-refractivity contribution in [2.75, 3.05) is 13.1 Å². The molecule has 0 fully saturated rings. The minimum absolute atomic E-state index is 0.0968. The third-order valence-corrected chi connectivity index (χ3v) is 2.33. The number of amides is 2. The average molecular weight is 236 g/mol. The SMILES string of the molecule is CC(=O)NCCNC(=O)c1cccc(O)c1C. The molecule has 0 atom stereocenters. The van der Waals surface area contributed by atoms with Gasteiger partial charge in [-0.2, -0.15) is 0 Å². The van der Waals surface area contributed by atoms with Gasteiger partial charge in [-0.3, -0.25) is 9.59 Å². The lowest BCUT2D eigenvalue weighted by molar-refractivity contribution is -0.118. The number of hydrogen-bond acceptors (Lipinski definition) is 3. The van der Waals surface area contributed by atoms with Gasteiger partial charge in [0.2, 0.25) is 5.91 Å². The van der Waals surface area contributed by atoms with E-state index in [4.69, 9.17) is 0 Å². The average Bonchev–Trinajstić information content (AvgIpc) is 2.27.